The predicted octanol–water partition coefficient (Wildman–Crippen LogP) is 2.55. The van der Waals surface area contributed by atoms with Gasteiger partial charge in [0, 0.05) is 36.3 Å². The van der Waals surface area contributed by atoms with Crippen LogP contribution in [0.2, 0.25) is 0 Å². The van der Waals surface area contributed by atoms with Gasteiger partial charge in [0.15, 0.2) is 5.17 Å². The molecule has 1 aliphatic heterocycles. The van der Waals surface area contributed by atoms with Crippen LogP contribution in [0.15, 0.2) is 16.6 Å². The molecular weight excluding hydrogens is 238 g/mol. The standard InChI is InChI=1S/C11H17N3S2/c1-2-9-4-7-16-11(14-9)13-5-3-10-12-6-8-15-10/h6,8-9H,2-5,7H2,1H3,(H,13,14). The minimum Gasteiger partial charge on any atom is -0.362 e. The first-order chi connectivity index (χ1) is 7.88. The molecule has 5 heteroatoms. The molecule has 1 saturated heterocycles. The molecule has 1 aliphatic rings. The summed E-state index contributed by atoms with van der Waals surface area (Å²) in [4.78, 5) is 8.84. The third-order valence-corrected chi connectivity index (χ3v) is 4.39. The number of nitrogens with one attached hydrogen (secondary N) is 1. The van der Waals surface area contributed by atoms with E-state index in [-0.39, 0.29) is 0 Å². The molecule has 0 aliphatic carbocycles. The smallest absolute Gasteiger partial charge is 0.156 e. The van der Waals surface area contributed by atoms with Crippen LogP contribution in [0.4, 0.5) is 0 Å². The van der Waals surface area contributed by atoms with E-state index in [1.807, 2.05) is 23.3 Å². The van der Waals surface area contributed by atoms with Gasteiger partial charge in [0.2, 0.25) is 0 Å². The molecule has 3 nitrogen and oxygen atoms in total. The number of nitrogens with zero attached hydrogens (tertiary/aromatic N) is 2. The van der Waals surface area contributed by atoms with Gasteiger partial charge in [-0.15, -0.1) is 11.3 Å². The molecule has 0 bridgehead atoms. The summed E-state index contributed by atoms with van der Waals surface area (Å²) in [6.45, 7) is 3.07. The Hall–Kier alpha value is -0.550. The lowest BCUT2D eigenvalue weighted by atomic mass is 10.2. The number of hydrogen-bond donors (Lipinski definition) is 1. The van der Waals surface area contributed by atoms with Crippen molar-refractivity contribution in [1.29, 1.82) is 0 Å². The lowest BCUT2D eigenvalue weighted by molar-refractivity contribution is 0.570. The highest BCUT2D eigenvalue weighted by Gasteiger charge is 2.14. The van der Waals surface area contributed by atoms with E-state index in [9.17, 15) is 0 Å². The number of rotatable bonds is 4. The number of hydrogen-bond acceptors (Lipinski definition) is 4. The minimum absolute atomic E-state index is 0.625. The number of amidine groups is 1. The quantitative estimate of drug-likeness (QED) is 0.898. The summed E-state index contributed by atoms with van der Waals surface area (Å²) < 4.78 is 0. The molecule has 0 radical (unpaired) electrons. The Morgan fingerprint density at radius 2 is 2.56 bits per heavy atom. The van der Waals surface area contributed by atoms with Crippen LogP contribution in [0, 0.1) is 0 Å². The maximum atomic E-state index is 4.59. The summed E-state index contributed by atoms with van der Waals surface area (Å²) in [6.07, 6.45) is 5.26. The molecule has 1 unspecified atom stereocenters. The zero-order valence-electron chi connectivity index (χ0n) is 9.48. The van der Waals surface area contributed by atoms with E-state index < -0.39 is 0 Å². The van der Waals surface area contributed by atoms with Crippen molar-refractivity contribution in [3.8, 4) is 0 Å². The summed E-state index contributed by atoms with van der Waals surface area (Å²) in [5.41, 5.74) is 0. The van der Waals surface area contributed by atoms with E-state index in [1.54, 1.807) is 11.3 Å². The first kappa shape index (κ1) is 11.9. The number of aliphatic imine (C=N–C) groups is 1. The summed E-state index contributed by atoms with van der Waals surface area (Å²) >= 11 is 3.55. The largest absolute Gasteiger partial charge is 0.362 e. The Morgan fingerprint density at radius 1 is 1.62 bits per heavy atom. The van der Waals surface area contributed by atoms with E-state index in [0.29, 0.717) is 6.04 Å². The SMILES string of the molecule is CCC1CCSC(=NCCc2nccs2)N1. The van der Waals surface area contributed by atoms with Crippen molar-refractivity contribution in [3.05, 3.63) is 16.6 Å². The van der Waals surface area contributed by atoms with E-state index in [0.717, 1.165) is 18.1 Å². The molecule has 1 atom stereocenters. The third kappa shape index (κ3) is 3.49. The van der Waals surface area contributed by atoms with Gasteiger partial charge in [0.25, 0.3) is 0 Å². The third-order valence-electron chi connectivity index (χ3n) is 2.59. The Kier molecular flexibility index (Phi) is 4.66. The van der Waals surface area contributed by atoms with Crippen molar-refractivity contribution in [2.45, 2.75) is 32.2 Å². The molecule has 1 fully saturated rings. The van der Waals surface area contributed by atoms with Gasteiger partial charge in [-0.2, -0.15) is 0 Å². The van der Waals surface area contributed by atoms with Crippen LogP contribution in [0.3, 0.4) is 0 Å². The highest BCUT2D eigenvalue weighted by atomic mass is 32.2. The second-order valence-electron chi connectivity index (χ2n) is 3.75. The predicted molar refractivity (Wildman–Crippen MR) is 72.4 cm³/mol. The molecule has 1 aromatic heterocycles. The first-order valence-electron chi connectivity index (χ1n) is 5.70. The molecule has 0 aromatic carbocycles. The summed E-state index contributed by atoms with van der Waals surface area (Å²) in [5, 5.41) is 7.79. The highest BCUT2D eigenvalue weighted by molar-refractivity contribution is 8.13. The average Bonchev–Trinajstić information content (AvgIpc) is 2.82. The molecule has 1 N–H and O–H groups in total. The molecule has 16 heavy (non-hydrogen) atoms. The normalized spacial score (nSPS) is 23.3. The zero-order valence-corrected chi connectivity index (χ0v) is 11.1. The van der Waals surface area contributed by atoms with Gasteiger partial charge in [-0.25, -0.2) is 4.98 Å². The Balaban J connectivity index is 1.78. The van der Waals surface area contributed by atoms with E-state index in [2.05, 4.69) is 22.2 Å². The molecule has 2 heterocycles. The number of thioether (sulfide) groups is 1. The second-order valence-corrected chi connectivity index (χ2v) is 5.81. The zero-order chi connectivity index (χ0) is 11.2. The average molecular weight is 255 g/mol. The maximum Gasteiger partial charge on any atom is 0.156 e. The molecule has 0 spiro atoms. The van der Waals surface area contributed by atoms with Gasteiger partial charge in [0.1, 0.15) is 0 Å². The number of thiazole rings is 1. The second kappa shape index (κ2) is 6.25. The summed E-state index contributed by atoms with van der Waals surface area (Å²) in [7, 11) is 0. The van der Waals surface area contributed by atoms with Crippen LogP contribution < -0.4 is 5.32 Å². The number of aromatic nitrogens is 1. The molecule has 1 aromatic rings. The Labute approximate surface area is 105 Å². The molecule has 88 valence electrons. The van der Waals surface area contributed by atoms with Gasteiger partial charge in [-0.05, 0) is 12.8 Å². The van der Waals surface area contributed by atoms with E-state index in [1.165, 1.54) is 23.6 Å². The molecule has 0 saturated carbocycles. The summed E-state index contributed by atoms with van der Waals surface area (Å²) in [6, 6.07) is 0.625. The molecule has 2 rings (SSSR count). The monoisotopic (exact) mass is 255 g/mol. The van der Waals surface area contributed by atoms with Gasteiger partial charge < -0.3 is 5.32 Å². The van der Waals surface area contributed by atoms with Crippen LogP contribution in [-0.4, -0.2) is 28.5 Å². The van der Waals surface area contributed by atoms with Crippen LogP contribution in [0.25, 0.3) is 0 Å². The molecular formula is C11H17N3S2. The van der Waals surface area contributed by atoms with Crippen molar-refractivity contribution < 1.29 is 0 Å². The van der Waals surface area contributed by atoms with Crippen molar-refractivity contribution in [1.82, 2.24) is 10.3 Å². The van der Waals surface area contributed by atoms with Crippen molar-refractivity contribution in [2.75, 3.05) is 12.3 Å². The Morgan fingerprint density at radius 3 is 3.31 bits per heavy atom. The van der Waals surface area contributed by atoms with Gasteiger partial charge in [-0.3, -0.25) is 4.99 Å². The first-order valence-corrected chi connectivity index (χ1v) is 7.57. The van der Waals surface area contributed by atoms with Crippen molar-refractivity contribution >= 4 is 28.3 Å². The van der Waals surface area contributed by atoms with Crippen LogP contribution in [0.5, 0.6) is 0 Å². The topological polar surface area (TPSA) is 37.3 Å². The summed E-state index contributed by atoms with van der Waals surface area (Å²) in [5.74, 6) is 1.20. The van der Waals surface area contributed by atoms with Gasteiger partial charge in [0.05, 0.1) is 5.01 Å². The lowest BCUT2D eigenvalue weighted by Crippen LogP contribution is -2.37. The van der Waals surface area contributed by atoms with Crippen molar-refractivity contribution in [3.63, 3.8) is 0 Å². The van der Waals surface area contributed by atoms with Gasteiger partial charge >= 0.3 is 0 Å². The van der Waals surface area contributed by atoms with Crippen molar-refractivity contribution in [2.24, 2.45) is 4.99 Å². The van der Waals surface area contributed by atoms with E-state index in [4.69, 9.17) is 0 Å². The van der Waals surface area contributed by atoms with Gasteiger partial charge in [-0.1, -0.05) is 18.7 Å². The Bertz CT molecular complexity index is 335. The fraction of sp³-hybridized carbons (Fsp3) is 0.636. The van der Waals surface area contributed by atoms with Crippen LogP contribution >= 0.6 is 23.1 Å². The van der Waals surface area contributed by atoms with Crippen LogP contribution in [-0.2, 0) is 6.42 Å². The maximum absolute atomic E-state index is 4.59. The van der Waals surface area contributed by atoms with E-state index >= 15 is 0 Å². The minimum atomic E-state index is 0.625. The van der Waals surface area contributed by atoms with Crippen LogP contribution in [0.1, 0.15) is 24.8 Å². The fourth-order valence-corrected chi connectivity index (χ4v) is 3.25. The molecule has 0 amide bonds. The lowest BCUT2D eigenvalue weighted by Gasteiger charge is -2.24. The fourth-order valence-electron chi connectivity index (χ4n) is 1.61. The highest BCUT2D eigenvalue weighted by Crippen LogP contribution is 2.15.